The first-order valence-corrected chi connectivity index (χ1v) is 10.1. The highest BCUT2D eigenvalue weighted by Gasteiger charge is 2.08. The van der Waals surface area contributed by atoms with Crippen molar-refractivity contribution in [2.24, 2.45) is 10.1 Å². The molecule has 0 aliphatic heterocycles. The molecule has 25 heavy (non-hydrogen) atoms. The molecule has 4 rings (SSSR count). The van der Waals surface area contributed by atoms with Crippen LogP contribution in [0.4, 0.5) is 10.1 Å². The number of thiazole rings is 1. The molecule has 4 aromatic rings. The summed E-state index contributed by atoms with van der Waals surface area (Å²) >= 11 is 4.80. The Hall–Kier alpha value is -2.35. The first kappa shape index (κ1) is 16.1. The zero-order valence-corrected chi connectivity index (χ0v) is 15.3. The molecular weight excluding hydrogens is 373 g/mol. The first-order valence-electron chi connectivity index (χ1n) is 7.41. The zero-order chi connectivity index (χ0) is 17.1. The lowest BCUT2D eigenvalue weighted by molar-refractivity contribution is 0.628. The van der Waals surface area contributed by atoms with E-state index in [2.05, 4.69) is 16.2 Å². The molecule has 0 amide bonds. The average Bonchev–Trinajstić information content (AvgIpc) is 3.37. The number of rotatable bonds is 4. The van der Waals surface area contributed by atoms with E-state index in [0.717, 1.165) is 20.9 Å². The molecule has 0 spiro atoms. The Labute approximate surface area is 155 Å². The second-order valence-corrected chi connectivity index (χ2v) is 7.65. The molecule has 7 heteroatoms. The predicted molar refractivity (Wildman–Crippen MR) is 105 cm³/mol. The van der Waals surface area contributed by atoms with Gasteiger partial charge in [0.15, 0.2) is 0 Å². The van der Waals surface area contributed by atoms with Gasteiger partial charge in [-0.2, -0.15) is 16.4 Å². The summed E-state index contributed by atoms with van der Waals surface area (Å²) in [4.78, 5) is 6.48. The van der Waals surface area contributed by atoms with Crippen molar-refractivity contribution in [3.05, 3.63) is 80.2 Å². The smallest absolute Gasteiger partial charge is 0.211 e. The van der Waals surface area contributed by atoms with Gasteiger partial charge in [0.25, 0.3) is 0 Å². The van der Waals surface area contributed by atoms with Gasteiger partial charge in [0.05, 0.1) is 22.5 Å². The Balaban J connectivity index is 1.82. The molecule has 0 atom stereocenters. The van der Waals surface area contributed by atoms with Crippen molar-refractivity contribution >= 4 is 45.9 Å². The van der Waals surface area contributed by atoms with Gasteiger partial charge in [0, 0.05) is 10.9 Å². The molecule has 0 radical (unpaired) electrons. The lowest BCUT2D eigenvalue weighted by atomic mass is 10.3. The minimum absolute atomic E-state index is 0.271. The fourth-order valence-corrected chi connectivity index (χ4v) is 4.44. The van der Waals surface area contributed by atoms with Crippen LogP contribution >= 0.6 is 34.0 Å². The third-order valence-electron chi connectivity index (χ3n) is 3.38. The topological polar surface area (TPSA) is 29.6 Å². The van der Waals surface area contributed by atoms with E-state index in [-0.39, 0.29) is 5.82 Å². The van der Waals surface area contributed by atoms with Crippen molar-refractivity contribution in [3.8, 4) is 10.6 Å². The Morgan fingerprint density at radius 2 is 1.84 bits per heavy atom. The van der Waals surface area contributed by atoms with Crippen molar-refractivity contribution in [2.45, 2.75) is 0 Å². The van der Waals surface area contributed by atoms with Crippen molar-refractivity contribution in [1.29, 1.82) is 0 Å². The summed E-state index contributed by atoms with van der Waals surface area (Å²) in [6.07, 6.45) is 1.82. The van der Waals surface area contributed by atoms with Gasteiger partial charge in [0.1, 0.15) is 5.82 Å². The van der Waals surface area contributed by atoms with Crippen molar-refractivity contribution < 1.29 is 4.39 Å². The van der Waals surface area contributed by atoms with E-state index in [9.17, 15) is 4.39 Å². The number of hydrogen-bond acceptors (Lipinski definition) is 5. The van der Waals surface area contributed by atoms with Crippen molar-refractivity contribution in [3.63, 3.8) is 0 Å². The van der Waals surface area contributed by atoms with Crippen LogP contribution in [-0.2, 0) is 0 Å². The van der Waals surface area contributed by atoms with Crippen LogP contribution in [-0.4, -0.2) is 10.9 Å². The van der Waals surface area contributed by atoms with Gasteiger partial charge in [-0.1, -0.05) is 6.07 Å². The van der Waals surface area contributed by atoms with Gasteiger partial charge in [0.2, 0.25) is 4.80 Å². The van der Waals surface area contributed by atoms with Crippen LogP contribution in [0.3, 0.4) is 0 Å². The van der Waals surface area contributed by atoms with E-state index in [0.29, 0.717) is 5.69 Å². The molecule has 0 saturated heterocycles. The minimum atomic E-state index is -0.271. The van der Waals surface area contributed by atoms with Crippen LogP contribution < -0.4 is 4.80 Å². The summed E-state index contributed by atoms with van der Waals surface area (Å²) in [6.45, 7) is 0. The van der Waals surface area contributed by atoms with Crippen LogP contribution in [0.1, 0.15) is 5.56 Å². The summed E-state index contributed by atoms with van der Waals surface area (Å²) in [5.74, 6) is -0.271. The molecule has 0 unspecified atom stereocenters. The normalized spacial score (nSPS) is 12.3. The minimum Gasteiger partial charge on any atom is -0.220 e. The molecule has 0 bridgehead atoms. The summed E-state index contributed by atoms with van der Waals surface area (Å²) in [5.41, 5.74) is 2.74. The molecular formula is C18H12FN3S3. The fraction of sp³-hybridized carbons (Fsp3) is 0. The number of aromatic nitrogens is 1. The van der Waals surface area contributed by atoms with Gasteiger partial charge in [-0.05, 0) is 52.5 Å². The highest BCUT2D eigenvalue weighted by molar-refractivity contribution is 7.14. The maximum Gasteiger partial charge on any atom is 0.211 e. The number of nitrogens with zero attached hydrogens (tertiary/aromatic N) is 3. The molecule has 0 saturated carbocycles. The van der Waals surface area contributed by atoms with Gasteiger partial charge >= 0.3 is 0 Å². The molecule has 1 aromatic carbocycles. The lowest BCUT2D eigenvalue weighted by Crippen LogP contribution is -2.11. The Morgan fingerprint density at radius 3 is 2.56 bits per heavy atom. The molecule has 3 aromatic heterocycles. The second-order valence-electron chi connectivity index (χ2n) is 5.08. The lowest BCUT2D eigenvalue weighted by Gasteiger charge is -2.00. The maximum absolute atomic E-state index is 13.1. The second kappa shape index (κ2) is 7.26. The van der Waals surface area contributed by atoms with Crippen LogP contribution in [0.25, 0.3) is 10.6 Å². The van der Waals surface area contributed by atoms with E-state index in [4.69, 9.17) is 0 Å². The highest BCUT2D eigenvalue weighted by Crippen LogP contribution is 2.25. The monoisotopic (exact) mass is 385 g/mol. The summed E-state index contributed by atoms with van der Waals surface area (Å²) in [6, 6.07) is 12.2. The third-order valence-corrected chi connectivity index (χ3v) is 5.79. The predicted octanol–water partition coefficient (Wildman–Crippen LogP) is 5.59. The van der Waals surface area contributed by atoms with Crippen LogP contribution in [0.5, 0.6) is 0 Å². The van der Waals surface area contributed by atoms with Gasteiger partial charge < -0.3 is 0 Å². The largest absolute Gasteiger partial charge is 0.220 e. The fourth-order valence-electron chi connectivity index (χ4n) is 2.18. The van der Waals surface area contributed by atoms with E-state index in [1.54, 1.807) is 34.8 Å². The van der Waals surface area contributed by atoms with E-state index < -0.39 is 0 Å². The van der Waals surface area contributed by atoms with E-state index in [1.165, 1.54) is 23.5 Å². The summed E-state index contributed by atoms with van der Waals surface area (Å²) in [7, 11) is 0. The zero-order valence-electron chi connectivity index (χ0n) is 12.9. The molecule has 0 fully saturated rings. The number of benzene rings is 1. The highest BCUT2D eigenvalue weighted by atomic mass is 32.1. The Bertz CT molecular complexity index is 1040. The van der Waals surface area contributed by atoms with E-state index in [1.807, 2.05) is 44.5 Å². The number of thiophene rings is 2. The molecule has 3 heterocycles. The maximum atomic E-state index is 13.1. The SMILES string of the molecule is Fc1ccc(N=c2scc(-c3cccs3)n2N=Cc2ccsc2)cc1. The molecule has 3 nitrogen and oxygen atoms in total. The molecule has 124 valence electrons. The van der Waals surface area contributed by atoms with Crippen molar-refractivity contribution in [1.82, 2.24) is 4.68 Å². The van der Waals surface area contributed by atoms with Crippen LogP contribution in [0.15, 0.2) is 74.1 Å². The standard InChI is InChI=1S/C18H12FN3S3/c19-14-3-5-15(6-4-14)21-18-22(20-10-13-7-9-23-11-13)16(12-25-18)17-2-1-8-24-17/h1-12H. The van der Waals surface area contributed by atoms with E-state index >= 15 is 0 Å². The Morgan fingerprint density at radius 1 is 0.960 bits per heavy atom. The average molecular weight is 386 g/mol. The quantitative estimate of drug-likeness (QED) is 0.410. The van der Waals surface area contributed by atoms with Crippen LogP contribution in [0, 0.1) is 5.82 Å². The molecule has 0 aliphatic carbocycles. The van der Waals surface area contributed by atoms with Gasteiger partial charge in [-0.15, -0.1) is 22.7 Å². The molecule has 0 aliphatic rings. The Kier molecular flexibility index (Phi) is 4.69. The number of hydrogen-bond donors (Lipinski definition) is 0. The third kappa shape index (κ3) is 3.68. The number of halogens is 1. The first-order chi connectivity index (χ1) is 12.3. The van der Waals surface area contributed by atoms with Crippen molar-refractivity contribution in [2.75, 3.05) is 0 Å². The van der Waals surface area contributed by atoms with Crippen LogP contribution in [0.2, 0.25) is 0 Å². The summed E-state index contributed by atoms with van der Waals surface area (Å²) < 4.78 is 14.9. The molecule has 0 N–H and O–H groups in total. The summed E-state index contributed by atoms with van der Waals surface area (Å²) in [5, 5.41) is 12.8. The van der Waals surface area contributed by atoms with Gasteiger partial charge in [-0.3, -0.25) is 0 Å². The van der Waals surface area contributed by atoms with Gasteiger partial charge in [-0.25, -0.2) is 14.1 Å².